The topological polar surface area (TPSA) is 90.9 Å². The van der Waals surface area contributed by atoms with Crippen LogP contribution in [0.1, 0.15) is 63.0 Å². The average Bonchev–Trinajstić information content (AvgIpc) is 2.70. The first-order valence-electron chi connectivity index (χ1n) is 10.8. The molecule has 0 heterocycles. The molecule has 178 valence electrons. The molecule has 0 bridgehead atoms. The number of carbonyl (C=O) groups excluding carboxylic acids is 3. The Morgan fingerprint density at radius 1 is 0.788 bits per heavy atom. The molecule has 0 saturated carbocycles. The smallest absolute Gasteiger partial charge is 0.408 e. The molecular weight excluding hydrogens is 422 g/mol. The zero-order valence-electron chi connectivity index (χ0n) is 20.1. The Bertz CT molecular complexity index is 939. The van der Waals surface area contributed by atoms with E-state index in [4.69, 9.17) is 14.2 Å². The minimum absolute atomic E-state index is 0.0816. The summed E-state index contributed by atoms with van der Waals surface area (Å²) in [7, 11) is 0. The summed E-state index contributed by atoms with van der Waals surface area (Å²) in [6.07, 6.45) is -0.552. The van der Waals surface area contributed by atoms with Gasteiger partial charge in [0.2, 0.25) is 0 Å². The number of esters is 2. The second-order valence-electron chi connectivity index (χ2n) is 9.70. The first kappa shape index (κ1) is 25.9. The van der Waals surface area contributed by atoms with Gasteiger partial charge in [-0.25, -0.2) is 14.4 Å². The fourth-order valence-electron chi connectivity index (χ4n) is 2.82. The van der Waals surface area contributed by atoms with Crippen LogP contribution in [0.5, 0.6) is 0 Å². The average molecular weight is 456 g/mol. The van der Waals surface area contributed by atoms with Crippen molar-refractivity contribution < 1.29 is 28.6 Å². The van der Waals surface area contributed by atoms with Crippen LogP contribution in [0.2, 0.25) is 0 Å². The number of alkyl carbamates (subject to hydrolysis) is 1. The molecule has 2 rings (SSSR count). The van der Waals surface area contributed by atoms with Gasteiger partial charge in [-0.1, -0.05) is 42.5 Å². The van der Waals surface area contributed by atoms with Gasteiger partial charge in [0.1, 0.15) is 23.9 Å². The van der Waals surface area contributed by atoms with E-state index >= 15 is 0 Å². The van der Waals surface area contributed by atoms with Gasteiger partial charge >= 0.3 is 18.0 Å². The van der Waals surface area contributed by atoms with Crippen molar-refractivity contribution in [2.45, 2.75) is 71.8 Å². The SMILES string of the molecule is CC(C)(C)OC(=O)c1ccc(CC(NC(=O)OCc2ccccc2)C(=O)OC(C)(C)C)cc1. The normalized spacial score (nSPS) is 12.4. The molecule has 33 heavy (non-hydrogen) atoms. The van der Waals surface area contributed by atoms with E-state index in [9.17, 15) is 14.4 Å². The van der Waals surface area contributed by atoms with Crippen LogP contribution < -0.4 is 5.32 Å². The van der Waals surface area contributed by atoms with Crippen molar-refractivity contribution in [3.63, 3.8) is 0 Å². The summed E-state index contributed by atoms with van der Waals surface area (Å²) in [5, 5.41) is 2.60. The maximum Gasteiger partial charge on any atom is 0.408 e. The van der Waals surface area contributed by atoms with Gasteiger partial charge in [-0.2, -0.15) is 0 Å². The minimum atomic E-state index is -0.958. The molecule has 0 aliphatic heterocycles. The lowest BCUT2D eigenvalue weighted by atomic mass is 10.0. The summed E-state index contributed by atoms with van der Waals surface area (Å²) in [5.74, 6) is -1.00. The van der Waals surface area contributed by atoms with E-state index in [0.29, 0.717) is 5.56 Å². The fraction of sp³-hybridized carbons (Fsp3) is 0.423. The summed E-state index contributed by atoms with van der Waals surface area (Å²) in [5.41, 5.74) is 0.658. The first-order valence-corrected chi connectivity index (χ1v) is 10.8. The number of hydrogen-bond acceptors (Lipinski definition) is 6. The monoisotopic (exact) mass is 455 g/mol. The molecule has 0 spiro atoms. The van der Waals surface area contributed by atoms with E-state index in [1.54, 1.807) is 65.8 Å². The van der Waals surface area contributed by atoms with Crippen LogP contribution in [0.4, 0.5) is 4.79 Å². The van der Waals surface area contributed by atoms with E-state index in [1.165, 1.54) is 0 Å². The highest BCUT2D eigenvalue weighted by Gasteiger charge is 2.28. The zero-order valence-corrected chi connectivity index (χ0v) is 20.1. The van der Waals surface area contributed by atoms with Gasteiger partial charge in [0.05, 0.1) is 5.56 Å². The van der Waals surface area contributed by atoms with Crippen molar-refractivity contribution in [1.29, 1.82) is 0 Å². The number of carbonyl (C=O) groups is 3. The highest BCUT2D eigenvalue weighted by Crippen LogP contribution is 2.15. The van der Waals surface area contributed by atoms with Crippen LogP contribution in [-0.4, -0.2) is 35.3 Å². The highest BCUT2D eigenvalue weighted by atomic mass is 16.6. The van der Waals surface area contributed by atoms with Crippen molar-refractivity contribution in [3.8, 4) is 0 Å². The number of nitrogens with one attached hydrogen (secondary N) is 1. The Morgan fingerprint density at radius 3 is 1.91 bits per heavy atom. The van der Waals surface area contributed by atoms with E-state index in [2.05, 4.69) is 5.32 Å². The molecular formula is C26H33NO6. The Kier molecular flexibility index (Phi) is 8.63. The third kappa shape index (κ3) is 9.76. The molecule has 1 atom stereocenters. The largest absolute Gasteiger partial charge is 0.458 e. The van der Waals surface area contributed by atoms with Crippen molar-refractivity contribution in [2.24, 2.45) is 0 Å². The molecule has 1 amide bonds. The lowest BCUT2D eigenvalue weighted by Gasteiger charge is -2.24. The molecule has 0 aromatic heterocycles. The fourth-order valence-corrected chi connectivity index (χ4v) is 2.82. The molecule has 1 unspecified atom stereocenters. The Hall–Kier alpha value is -3.35. The van der Waals surface area contributed by atoms with Crippen molar-refractivity contribution >= 4 is 18.0 Å². The molecule has 2 aromatic rings. The van der Waals surface area contributed by atoms with Crippen LogP contribution in [0.3, 0.4) is 0 Å². The molecule has 1 N–H and O–H groups in total. The van der Waals surface area contributed by atoms with Crippen LogP contribution in [-0.2, 0) is 32.0 Å². The van der Waals surface area contributed by atoms with Crippen LogP contribution in [0.15, 0.2) is 54.6 Å². The number of benzene rings is 2. The molecule has 7 nitrogen and oxygen atoms in total. The lowest BCUT2D eigenvalue weighted by molar-refractivity contribution is -0.157. The van der Waals surface area contributed by atoms with E-state index in [-0.39, 0.29) is 13.0 Å². The Labute approximate surface area is 195 Å². The van der Waals surface area contributed by atoms with Gasteiger partial charge in [0.15, 0.2) is 0 Å². The second-order valence-corrected chi connectivity index (χ2v) is 9.70. The molecule has 2 aromatic carbocycles. The van der Waals surface area contributed by atoms with Crippen molar-refractivity contribution in [2.75, 3.05) is 0 Å². The summed E-state index contributed by atoms with van der Waals surface area (Å²) >= 11 is 0. The molecule has 7 heteroatoms. The summed E-state index contributed by atoms with van der Waals surface area (Å²) in [6.45, 7) is 10.7. The van der Waals surface area contributed by atoms with Gasteiger partial charge in [0.25, 0.3) is 0 Å². The zero-order chi connectivity index (χ0) is 24.6. The van der Waals surface area contributed by atoms with Crippen molar-refractivity contribution in [1.82, 2.24) is 5.32 Å². The number of amides is 1. The van der Waals surface area contributed by atoms with Gasteiger partial charge in [0, 0.05) is 6.42 Å². The first-order chi connectivity index (χ1) is 15.3. The number of ether oxygens (including phenoxy) is 3. The van der Waals surface area contributed by atoms with Crippen LogP contribution in [0, 0.1) is 0 Å². The van der Waals surface area contributed by atoms with E-state index in [0.717, 1.165) is 11.1 Å². The quantitative estimate of drug-likeness (QED) is 0.475. The van der Waals surface area contributed by atoms with Gasteiger partial charge in [-0.05, 0) is 64.8 Å². The molecule has 0 aliphatic rings. The summed E-state index contributed by atoms with van der Waals surface area (Å²) in [6, 6.07) is 15.0. The predicted octanol–water partition coefficient (Wildman–Crippen LogP) is 4.82. The molecule has 0 saturated heterocycles. The van der Waals surface area contributed by atoms with E-state index < -0.39 is 35.3 Å². The van der Waals surface area contributed by atoms with Crippen LogP contribution in [0.25, 0.3) is 0 Å². The Balaban J connectivity index is 2.07. The third-order valence-electron chi connectivity index (χ3n) is 4.22. The Morgan fingerprint density at radius 2 is 1.36 bits per heavy atom. The lowest BCUT2D eigenvalue weighted by Crippen LogP contribution is -2.45. The summed E-state index contributed by atoms with van der Waals surface area (Å²) in [4.78, 5) is 37.3. The summed E-state index contributed by atoms with van der Waals surface area (Å²) < 4.78 is 16.1. The van der Waals surface area contributed by atoms with Crippen molar-refractivity contribution in [3.05, 3.63) is 71.3 Å². The molecule has 0 fully saturated rings. The molecule has 0 radical (unpaired) electrons. The molecule has 0 aliphatic carbocycles. The highest BCUT2D eigenvalue weighted by molar-refractivity contribution is 5.89. The predicted molar refractivity (Wildman–Crippen MR) is 125 cm³/mol. The van der Waals surface area contributed by atoms with Gasteiger partial charge < -0.3 is 19.5 Å². The standard InChI is InChI=1S/C26H33NO6/c1-25(2,3)32-22(28)20-14-12-18(13-15-20)16-21(23(29)33-26(4,5)6)27-24(30)31-17-19-10-8-7-9-11-19/h7-15,21H,16-17H2,1-6H3,(H,27,30). The van der Waals surface area contributed by atoms with Gasteiger partial charge in [-0.3, -0.25) is 0 Å². The third-order valence-corrected chi connectivity index (χ3v) is 4.22. The maximum atomic E-state index is 12.7. The number of rotatable bonds is 7. The second kappa shape index (κ2) is 11.0. The van der Waals surface area contributed by atoms with Gasteiger partial charge in [-0.15, -0.1) is 0 Å². The maximum absolute atomic E-state index is 12.7. The number of hydrogen-bond donors (Lipinski definition) is 1. The minimum Gasteiger partial charge on any atom is -0.458 e. The van der Waals surface area contributed by atoms with Crippen LogP contribution >= 0.6 is 0 Å². The van der Waals surface area contributed by atoms with E-state index in [1.807, 2.05) is 30.3 Å².